The monoisotopic (exact) mass is 562 g/mol. The number of rotatable bonds is 13. The van der Waals surface area contributed by atoms with Gasteiger partial charge in [-0.25, -0.2) is 0 Å². The quantitative estimate of drug-likeness (QED) is 0.266. The predicted molar refractivity (Wildman–Crippen MR) is 161 cm³/mol. The zero-order valence-corrected chi connectivity index (χ0v) is 24.6. The molecule has 222 valence electrons. The van der Waals surface area contributed by atoms with E-state index in [1.807, 2.05) is 12.1 Å². The maximum absolute atomic E-state index is 11.9. The zero-order chi connectivity index (χ0) is 29.0. The van der Waals surface area contributed by atoms with Crippen LogP contribution in [0.25, 0.3) is 11.1 Å². The highest BCUT2D eigenvalue weighted by Crippen LogP contribution is 2.38. The number of hydrogen-bond acceptors (Lipinski definition) is 6. The second-order valence-electron chi connectivity index (χ2n) is 11.5. The molecule has 0 bridgehead atoms. The maximum Gasteiger partial charge on any atom is 0.306 e. The first-order chi connectivity index (χ1) is 19.9. The molecule has 2 aromatic carbocycles. The molecule has 4 atom stereocenters. The lowest BCUT2D eigenvalue weighted by Gasteiger charge is -2.38. The molecule has 1 saturated heterocycles. The number of aliphatic hydroxyl groups is 1. The van der Waals surface area contributed by atoms with Crippen molar-refractivity contribution in [2.24, 2.45) is 5.92 Å². The van der Waals surface area contributed by atoms with Crippen molar-refractivity contribution in [2.75, 3.05) is 33.8 Å². The molecule has 2 aliphatic rings. The van der Waals surface area contributed by atoms with E-state index < -0.39 is 0 Å². The van der Waals surface area contributed by atoms with Crippen molar-refractivity contribution in [1.29, 1.82) is 0 Å². The molecule has 0 spiro atoms. The van der Waals surface area contributed by atoms with Crippen LogP contribution in [0.5, 0.6) is 0 Å². The van der Waals surface area contributed by atoms with Crippen molar-refractivity contribution in [3.05, 3.63) is 72.3 Å². The van der Waals surface area contributed by atoms with Crippen LogP contribution < -0.4 is 0 Å². The number of nitrogens with zero attached hydrogens (tertiary/aromatic N) is 2. The van der Waals surface area contributed by atoms with Crippen molar-refractivity contribution in [3.63, 3.8) is 0 Å². The number of piperidine rings is 1. The minimum Gasteiger partial charge on any atom is -0.456 e. The van der Waals surface area contributed by atoms with Crippen LogP contribution >= 0.6 is 0 Å². The Morgan fingerprint density at radius 1 is 0.951 bits per heavy atom. The number of likely N-dealkylation sites (N-methyl/N-ethyl adjacent to an activating group) is 1. The Kier molecular flexibility index (Phi) is 12.0. The molecule has 1 saturated carbocycles. The Morgan fingerprint density at radius 3 is 2.34 bits per heavy atom. The topological polar surface area (TPSA) is 79.3 Å². The molecule has 7 heteroatoms. The number of ether oxygens (including phenoxy) is 2. The second kappa shape index (κ2) is 15.9. The smallest absolute Gasteiger partial charge is 0.306 e. The molecule has 2 aromatic rings. The molecule has 0 radical (unpaired) electrons. The van der Waals surface area contributed by atoms with Crippen molar-refractivity contribution in [1.82, 2.24) is 9.80 Å². The molecule has 1 heterocycles. The first-order valence-corrected chi connectivity index (χ1v) is 15.1. The van der Waals surface area contributed by atoms with Gasteiger partial charge < -0.3 is 19.5 Å². The fraction of sp³-hybridized carbons (Fsp3) is 0.529. The molecule has 1 N–H and O–H groups in total. The van der Waals surface area contributed by atoms with Gasteiger partial charge >= 0.3 is 5.97 Å². The number of carbonyl (C=O) groups is 2. The summed E-state index contributed by atoms with van der Waals surface area (Å²) in [5, 5.41) is 11.1. The number of hydrogen-bond donors (Lipinski definition) is 1. The number of likely N-dealkylation sites (tertiary alicyclic amines) is 1. The number of aliphatic hydroxyl groups excluding tert-OH is 1. The Bertz CT molecular complexity index is 1110. The van der Waals surface area contributed by atoms with Crippen LogP contribution in [-0.4, -0.2) is 78.8 Å². The zero-order valence-electron chi connectivity index (χ0n) is 24.6. The first kappa shape index (κ1) is 30.9. The standard InChI is InChI=1S/C34H46N2O5/c1-35(2)32(38)25-41-33(39)16-10-4-3-9-15-29-31(23-30(37)34(29)36-21-11-6-12-22-36)40-24-26-17-19-28(20-18-26)27-13-7-5-8-14-27/h3-5,7-8,13-14,17-20,29-31,34,37H,6,9-12,15-16,21-25H2,1-2H3/b4-3-/t29-,30+,31-,34+/m0/s1. The minimum absolute atomic E-state index is 0.00309. The van der Waals surface area contributed by atoms with Gasteiger partial charge in [0.05, 0.1) is 18.8 Å². The fourth-order valence-corrected chi connectivity index (χ4v) is 6.03. The van der Waals surface area contributed by atoms with Gasteiger partial charge in [-0.3, -0.25) is 14.5 Å². The largest absolute Gasteiger partial charge is 0.456 e. The first-order valence-electron chi connectivity index (χ1n) is 15.1. The van der Waals surface area contributed by atoms with Gasteiger partial charge in [-0.2, -0.15) is 0 Å². The van der Waals surface area contributed by atoms with Crippen LogP contribution in [0.3, 0.4) is 0 Å². The van der Waals surface area contributed by atoms with E-state index in [2.05, 4.69) is 59.5 Å². The summed E-state index contributed by atoms with van der Waals surface area (Å²) in [5.74, 6) is -0.338. The van der Waals surface area contributed by atoms with E-state index in [-0.39, 0.29) is 49.1 Å². The highest BCUT2D eigenvalue weighted by Gasteiger charge is 2.45. The number of carbonyl (C=O) groups excluding carboxylic acids is 2. The molecule has 1 aliphatic carbocycles. The van der Waals surface area contributed by atoms with Gasteiger partial charge in [-0.1, -0.05) is 73.2 Å². The normalized spacial score (nSPS) is 23.1. The van der Waals surface area contributed by atoms with Crippen molar-refractivity contribution in [2.45, 2.75) is 76.2 Å². The molecule has 1 amide bonds. The van der Waals surface area contributed by atoms with Crippen LogP contribution in [0.4, 0.5) is 0 Å². The lowest BCUT2D eigenvalue weighted by molar-refractivity contribution is -0.150. The van der Waals surface area contributed by atoms with Gasteiger partial charge in [0.2, 0.25) is 0 Å². The molecular weight excluding hydrogens is 516 g/mol. The SMILES string of the molecule is CN(C)C(=O)COC(=O)CC/C=C\CC[C@@H]1[C@@H](N2CCCCC2)[C@H](O)C[C@@H]1OCc1ccc(-c2ccccc2)cc1. The van der Waals surface area contributed by atoms with E-state index >= 15 is 0 Å². The number of amides is 1. The van der Waals surface area contributed by atoms with Gasteiger partial charge in [0.25, 0.3) is 5.91 Å². The molecule has 0 unspecified atom stereocenters. The summed E-state index contributed by atoms with van der Waals surface area (Å²) in [6.07, 6.45) is 10.7. The Hall–Kier alpha value is -3.00. The molecular formula is C34H46N2O5. The van der Waals surface area contributed by atoms with Gasteiger partial charge in [-0.05, 0) is 61.9 Å². The van der Waals surface area contributed by atoms with E-state index in [0.717, 1.165) is 31.5 Å². The number of benzene rings is 2. The molecule has 4 rings (SSSR count). The van der Waals surface area contributed by atoms with Gasteiger partial charge in [0.15, 0.2) is 6.61 Å². The average Bonchev–Trinajstić information content (AvgIpc) is 3.32. The third-order valence-electron chi connectivity index (χ3n) is 8.33. The summed E-state index contributed by atoms with van der Waals surface area (Å²) in [6.45, 7) is 2.40. The molecule has 7 nitrogen and oxygen atoms in total. The van der Waals surface area contributed by atoms with Crippen LogP contribution in [0, 0.1) is 5.92 Å². The summed E-state index contributed by atoms with van der Waals surface area (Å²) in [7, 11) is 3.27. The van der Waals surface area contributed by atoms with Crippen molar-refractivity contribution < 1.29 is 24.2 Å². The lowest BCUT2D eigenvalue weighted by Crippen LogP contribution is -2.47. The van der Waals surface area contributed by atoms with Crippen LogP contribution in [-0.2, 0) is 25.7 Å². The Morgan fingerprint density at radius 2 is 1.63 bits per heavy atom. The van der Waals surface area contributed by atoms with Crippen molar-refractivity contribution >= 4 is 11.9 Å². The van der Waals surface area contributed by atoms with E-state index in [1.165, 1.54) is 35.3 Å². The third-order valence-corrected chi connectivity index (χ3v) is 8.33. The van der Waals surface area contributed by atoms with Crippen LogP contribution in [0.2, 0.25) is 0 Å². The van der Waals surface area contributed by atoms with Gasteiger partial charge in [0, 0.05) is 38.9 Å². The average molecular weight is 563 g/mol. The van der Waals surface area contributed by atoms with Gasteiger partial charge in [-0.15, -0.1) is 0 Å². The summed E-state index contributed by atoms with van der Waals surface area (Å²) in [6, 6.07) is 19.0. The second-order valence-corrected chi connectivity index (χ2v) is 11.5. The lowest BCUT2D eigenvalue weighted by atomic mass is 9.92. The van der Waals surface area contributed by atoms with E-state index in [9.17, 15) is 14.7 Å². The maximum atomic E-state index is 11.9. The van der Waals surface area contributed by atoms with E-state index in [0.29, 0.717) is 19.4 Å². The number of allylic oxidation sites excluding steroid dienone is 2. The molecule has 41 heavy (non-hydrogen) atoms. The van der Waals surface area contributed by atoms with E-state index in [1.54, 1.807) is 14.1 Å². The van der Waals surface area contributed by atoms with Crippen LogP contribution in [0.15, 0.2) is 66.7 Å². The summed E-state index contributed by atoms with van der Waals surface area (Å²) >= 11 is 0. The van der Waals surface area contributed by atoms with Gasteiger partial charge in [0.1, 0.15) is 0 Å². The molecule has 2 fully saturated rings. The molecule has 1 aliphatic heterocycles. The third kappa shape index (κ3) is 9.25. The predicted octanol–water partition coefficient (Wildman–Crippen LogP) is 5.22. The highest BCUT2D eigenvalue weighted by atomic mass is 16.5. The summed E-state index contributed by atoms with van der Waals surface area (Å²) in [4.78, 5) is 27.4. The fourth-order valence-electron chi connectivity index (χ4n) is 6.03. The number of esters is 1. The Labute approximate surface area is 245 Å². The summed E-state index contributed by atoms with van der Waals surface area (Å²) < 4.78 is 11.5. The van der Waals surface area contributed by atoms with E-state index in [4.69, 9.17) is 9.47 Å². The summed E-state index contributed by atoms with van der Waals surface area (Å²) in [5.41, 5.74) is 3.53. The molecule has 0 aromatic heterocycles. The Balaban J connectivity index is 1.30. The highest BCUT2D eigenvalue weighted by molar-refractivity contribution is 5.80. The van der Waals surface area contributed by atoms with Crippen molar-refractivity contribution in [3.8, 4) is 11.1 Å². The van der Waals surface area contributed by atoms with Crippen LogP contribution in [0.1, 0.15) is 56.9 Å². The minimum atomic E-state index is -0.382.